The van der Waals surface area contributed by atoms with Crippen LogP contribution >= 0.6 is 0 Å². The van der Waals surface area contributed by atoms with Gasteiger partial charge in [0, 0.05) is 22.7 Å². The third kappa shape index (κ3) is 6.47. The minimum Gasteiger partial charge on any atom is -0.402 e. The number of nitrogens with zero attached hydrogens (tertiary/aromatic N) is 3. The molecule has 1 aromatic heterocycles. The quantitative estimate of drug-likeness (QED) is 0.533. The zero-order valence-electron chi connectivity index (χ0n) is 15.4. The first kappa shape index (κ1) is 22.2. The van der Waals surface area contributed by atoms with E-state index in [1.54, 1.807) is 0 Å². The number of anilines is 2. The standard InChI is InChI=1S/C18H17F6N5/c1-10(25)16(11(2)27-9-17(19,20)21)14-7-26-8-15(29-14)28-13-5-3-12(4-6-13)18(22,23)24/h3-8H,9,25H2,1-2H3,(H,28,29). The molecule has 0 radical (unpaired) electrons. The number of allylic oxidation sites excluding steroid dienone is 2. The Bertz CT molecular complexity index is 910. The third-order valence-electron chi connectivity index (χ3n) is 3.63. The Kier molecular flexibility index (Phi) is 6.50. The number of nitrogens with two attached hydrogens (primary N) is 1. The summed E-state index contributed by atoms with van der Waals surface area (Å²) in [5.41, 5.74) is 5.89. The second-order valence-corrected chi connectivity index (χ2v) is 6.06. The average Bonchev–Trinajstić information content (AvgIpc) is 2.59. The molecule has 29 heavy (non-hydrogen) atoms. The van der Waals surface area contributed by atoms with E-state index < -0.39 is 24.5 Å². The smallest absolute Gasteiger partial charge is 0.402 e. The molecule has 2 aromatic rings. The van der Waals surface area contributed by atoms with Crippen LogP contribution < -0.4 is 11.1 Å². The van der Waals surface area contributed by atoms with Crippen molar-refractivity contribution in [3.05, 3.63) is 53.6 Å². The predicted octanol–water partition coefficient (Wildman–Crippen LogP) is 4.95. The number of aliphatic imine (C=N–C) groups is 1. The number of aromatic nitrogens is 2. The maximum absolute atomic E-state index is 12.6. The molecule has 0 spiro atoms. The molecule has 3 N–H and O–H groups in total. The lowest BCUT2D eigenvalue weighted by molar-refractivity contribution is -0.137. The summed E-state index contributed by atoms with van der Waals surface area (Å²) in [4.78, 5) is 11.7. The summed E-state index contributed by atoms with van der Waals surface area (Å²) in [5, 5.41) is 2.79. The largest absolute Gasteiger partial charge is 0.416 e. The number of nitrogens with one attached hydrogen (secondary N) is 1. The topological polar surface area (TPSA) is 76.2 Å². The Morgan fingerprint density at radius 1 is 1.03 bits per heavy atom. The van der Waals surface area contributed by atoms with Crippen LogP contribution in [0.4, 0.5) is 37.8 Å². The van der Waals surface area contributed by atoms with Crippen molar-refractivity contribution in [3.8, 4) is 0 Å². The number of halogens is 6. The SMILES string of the molecule is CC(=NCC(F)(F)F)C(=C(C)N)c1cncc(Nc2ccc(C(F)(F)F)cc2)n1. The van der Waals surface area contributed by atoms with E-state index >= 15 is 0 Å². The van der Waals surface area contributed by atoms with Crippen LogP contribution in [-0.4, -0.2) is 28.4 Å². The van der Waals surface area contributed by atoms with Crippen molar-refractivity contribution in [1.82, 2.24) is 9.97 Å². The van der Waals surface area contributed by atoms with E-state index in [4.69, 9.17) is 5.73 Å². The van der Waals surface area contributed by atoms with Gasteiger partial charge in [-0.2, -0.15) is 26.3 Å². The Balaban J connectivity index is 2.28. The number of benzene rings is 1. The molecule has 0 saturated carbocycles. The first-order valence-corrected chi connectivity index (χ1v) is 8.18. The Labute approximate surface area is 162 Å². The van der Waals surface area contributed by atoms with Gasteiger partial charge < -0.3 is 11.1 Å². The van der Waals surface area contributed by atoms with Crippen molar-refractivity contribution >= 4 is 22.8 Å². The molecule has 0 aliphatic carbocycles. The highest BCUT2D eigenvalue weighted by Gasteiger charge is 2.30. The lowest BCUT2D eigenvalue weighted by Gasteiger charge is -2.12. The molecule has 0 fully saturated rings. The summed E-state index contributed by atoms with van der Waals surface area (Å²) in [7, 11) is 0. The first-order chi connectivity index (χ1) is 13.4. The number of hydrogen-bond donors (Lipinski definition) is 2. The van der Waals surface area contributed by atoms with Gasteiger partial charge in [-0.1, -0.05) is 0 Å². The van der Waals surface area contributed by atoms with Gasteiger partial charge in [-0.25, -0.2) is 4.98 Å². The van der Waals surface area contributed by atoms with E-state index in [9.17, 15) is 26.3 Å². The highest BCUT2D eigenvalue weighted by Crippen LogP contribution is 2.30. The molecule has 0 unspecified atom stereocenters. The summed E-state index contributed by atoms with van der Waals surface area (Å²) in [6, 6.07) is 4.25. The van der Waals surface area contributed by atoms with Crippen LogP contribution in [0.15, 0.2) is 47.3 Å². The van der Waals surface area contributed by atoms with E-state index in [1.807, 2.05) is 0 Å². The van der Waals surface area contributed by atoms with Crippen molar-refractivity contribution in [3.63, 3.8) is 0 Å². The van der Waals surface area contributed by atoms with Crippen LogP contribution in [0.1, 0.15) is 25.1 Å². The molecule has 0 aliphatic heterocycles. The van der Waals surface area contributed by atoms with Gasteiger partial charge in [0.05, 0.1) is 23.7 Å². The fourth-order valence-electron chi connectivity index (χ4n) is 2.40. The zero-order chi connectivity index (χ0) is 21.8. The monoisotopic (exact) mass is 417 g/mol. The van der Waals surface area contributed by atoms with Crippen molar-refractivity contribution in [1.29, 1.82) is 0 Å². The van der Waals surface area contributed by atoms with Crippen LogP contribution in [0.5, 0.6) is 0 Å². The van der Waals surface area contributed by atoms with Gasteiger partial charge in [0.25, 0.3) is 0 Å². The molecule has 1 heterocycles. The van der Waals surface area contributed by atoms with Crippen molar-refractivity contribution < 1.29 is 26.3 Å². The molecule has 0 saturated heterocycles. The lowest BCUT2D eigenvalue weighted by atomic mass is 10.1. The fourth-order valence-corrected chi connectivity index (χ4v) is 2.40. The molecule has 0 aliphatic rings. The van der Waals surface area contributed by atoms with Gasteiger partial charge in [0.1, 0.15) is 12.4 Å². The zero-order valence-corrected chi connectivity index (χ0v) is 15.4. The number of rotatable bonds is 5. The molecule has 2 rings (SSSR count). The lowest BCUT2D eigenvalue weighted by Crippen LogP contribution is -2.15. The minimum absolute atomic E-state index is 0.0308. The van der Waals surface area contributed by atoms with Crippen molar-refractivity contribution in [2.45, 2.75) is 26.2 Å². The third-order valence-corrected chi connectivity index (χ3v) is 3.63. The molecule has 156 valence electrons. The highest BCUT2D eigenvalue weighted by molar-refractivity contribution is 6.22. The first-order valence-electron chi connectivity index (χ1n) is 8.18. The van der Waals surface area contributed by atoms with Crippen LogP contribution in [0.2, 0.25) is 0 Å². The minimum atomic E-state index is -4.47. The summed E-state index contributed by atoms with van der Waals surface area (Å²) < 4.78 is 75.2. The Morgan fingerprint density at radius 3 is 2.17 bits per heavy atom. The van der Waals surface area contributed by atoms with Crippen LogP contribution in [0, 0.1) is 0 Å². The number of alkyl halides is 6. The van der Waals surface area contributed by atoms with E-state index in [0.717, 1.165) is 12.1 Å². The Morgan fingerprint density at radius 2 is 1.66 bits per heavy atom. The van der Waals surface area contributed by atoms with Crippen LogP contribution in [0.3, 0.4) is 0 Å². The van der Waals surface area contributed by atoms with E-state index in [1.165, 1.54) is 38.4 Å². The predicted molar refractivity (Wildman–Crippen MR) is 97.6 cm³/mol. The van der Waals surface area contributed by atoms with E-state index in [2.05, 4.69) is 20.3 Å². The maximum atomic E-state index is 12.6. The second kappa shape index (κ2) is 8.50. The molecule has 0 amide bonds. The van der Waals surface area contributed by atoms with Crippen molar-refractivity contribution in [2.75, 3.05) is 11.9 Å². The molecule has 11 heteroatoms. The van der Waals surface area contributed by atoms with Crippen LogP contribution in [-0.2, 0) is 6.18 Å². The van der Waals surface area contributed by atoms with Crippen LogP contribution in [0.25, 0.3) is 5.57 Å². The van der Waals surface area contributed by atoms with E-state index in [-0.39, 0.29) is 28.5 Å². The van der Waals surface area contributed by atoms with Gasteiger partial charge in [-0.05, 0) is 38.1 Å². The normalized spacial score (nSPS) is 13.9. The average molecular weight is 417 g/mol. The maximum Gasteiger partial charge on any atom is 0.416 e. The van der Waals surface area contributed by atoms with Gasteiger partial charge in [-0.15, -0.1) is 0 Å². The van der Waals surface area contributed by atoms with E-state index in [0.29, 0.717) is 5.69 Å². The summed E-state index contributed by atoms with van der Waals surface area (Å²) >= 11 is 0. The van der Waals surface area contributed by atoms with Gasteiger partial charge in [0.15, 0.2) is 0 Å². The van der Waals surface area contributed by atoms with Gasteiger partial charge in [-0.3, -0.25) is 9.98 Å². The molecule has 0 bridgehead atoms. The van der Waals surface area contributed by atoms with Crippen molar-refractivity contribution in [2.24, 2.45) is 10.7 Å². The van der Waals surface area contributed by atoms with Gasteiger partial charge >= 0.3 is 12.4 Å². The van der Waals surface area contributed by atoms with Gasteiger partial charge in [0.2, 0.25) is 0 Å². The molecule has 5 nitrogen and oxygen atoms in total. The fraction of sp³-hybridized carbons (Fsp3) is 0.278. The summed E-state index contributed by atoms with van der Waals surface area (Å²) in [6.07, 6.45) is -6.31. The summed E-state index contributed by atoms with van der Waals surface area (Å²) in [6.45, 7) is 1.49. The summed E-state index contributed by atoms with van der Waals surface area (Å²) in [5.74, 6) is 0.171. The Hall–Kier alpha value is -3.11. The molecular formula is C18H17F6N5. The molecule has 0 atom stereocenters. The molecule has 1 aromatic carbocycles. The highest BCUT2D eigenvalue weighted by atomic mass is 19.4. The number of hydrogen-bond acceptors (Lipinski definition) is 5. The molecular weight excluding hydrogens is 400 g/mol. The second-order valence-electron chi connectivity index (χ2n) is 6.06.